The van der Waals surface area contributed by atoms with Crippen molar-refractivity contribution in [2.45, 2.75) is 31.8 Å². The number of thiophene rings is 1. The smallest absolute Gasteiger partial charge is 0.227 e. The number of hydrogen-bond acceptors (Lipinski definition) is 3. The van der Waals surface area contributed by atoms with Crippen molar-refractivity contribution in [1.29, 1.82) is 0 Å². The molecule has 1 saturated carbocycles. The molecule has 0 radical (unpaired) electrons. The number of hydrogen-bond donors (Lipinski definition) is 1. The monoisotopic (exact) mass is 287 g/mol. The summed E-state index contributed by atoms with van der Waals surface area (Å²) < 4.78 is 0. The number of rotatable bonds is 5. The van der Waals surface area contributed by atoms with E-state index in [4.69, 9.17) is 0 Å². The molecular weight excluding hydrogens is 270 g/mol. The highest BCUT2D eigenvalue weighted by Crippen LogP contribution is 2.29. The lowest BCUT2D eigenvalue weighted by Gasteiger charge is -2.22. The Hall–Kier alpha value is -1.81. The van der Waals surface area contributed by atoms with Gasteiger partial charge in [-0.25, -0.2) is 0 Å². The van der Waals surface area contributed by atoms with E-state index in [2.05, 4.69) is 11.4 Å². The molecule has 20 heavy (non-hydrogen) atoms. The van der Waals surface area contributed by atoms with Crippen LogP contribution < -0.4 is 0 Å². The van der Waals surface area contributed by atoms with Crippen molar-refractivity contribution in [2.24, 2.45) is 0 Å². The minimum atomic E-state index is 0.143. The van der Waals surface area contributed by atoms with Gasteiger partial charge in [0.15, 0.2) is 0 Å². The summed E-state index contributed by atoms with van der Waals surface area (Å²) in [6, 6.07) is 9.42. The third kappa shape index (κ3) is 3.20. The molecule has 0 atom stereocenters. The molecule has 0 bridgehead atoms. The van der Waals surface area contributed by atoms with Gasteiger partial charge < -0.3 is 10.0 Å². The predicted molar refractivity (Wildman–Crippen MR) is 79.7 cm³/mol. The topological polar surface area (TPSA) is 40.5 Å². The van der Waals surface area contributed by atoms with Gasteiger partial charge in [-0.2, -0.15) is 11.3 Å². The number of amides is 1. The number of nitrogens with zero attached hydrogens (tertiary/aromatic N) is 1. The fourth-order valence-electron chi connectivity index (χ4n) is 2.33. The van der Waals surface area contributed by atoms with E-state index >= 15 is 0 Å². The van der Waals surface area contributed by atoms with Crippen LogP contribution in [0.5, 0.6) is 5.75 Å². The van der Waals surface area contributed by atoms with Crippen molar-refractivity contribution in [2.75, 3.05) is 0 Å². The van der Waals surface area contributed by atoms with Crippen LogP contribution in [0.15, 0.2) is 41.1 Å². The first-order valence-corrected chi connectivity index (χ1v) is 7.75. The first kappa shape index (κ1) is 13.2. The van der Waals surface area contributed by atoms with Crippen molar-refractivity contribution >= 4 is 17.2 Å². The van der Waals surface area contributed by atoms with E-state index in [1.54, 1.807) is 29.5 Å². The third-order valence-electron chi connectivity index (χ3n) is 3.51. The molecule has 0 spiro atoms. The summed E-state index contributed by atoms with van der Waals surface area (Å²) in [5, 5.41) is 13.6. The van der Waals surface area contributed by atoms with Crippen LogP contribution in [0.1, 0.15) is 24.0 Å². The molecule has 104 valence electrons. The second-order valence-electron chi connectivity index (χ2n) is 5.23. The zero-order valence-corrected chi connectivity index (χ0v) is 12.0. The van der Waals surface area contributed by atoms with Crippen LogP contribution in [0.25, 0.3) is 0 Å². The normalized spacial score (nSPS) is 14.2. The molecule has 0 unspecified atom stereocenters. The van der Waals surface area contributed by atoms with Crippen LogP contribution in [-0.2, 0) is 17.8 Å². The third-order valence-corrected chi connectivity index (χ3v) is 4.24. The summed E-state index contributed by atoms with van der Waals surface area (Å²) in [7, 11) is 0. The van der Waals surface area contributed by atoms with Crippen molar-refractivity contribution in [3.63, 3.8) is 0 Å². The molecule has 1 aliphatic rings. The van der Waals surface area contributed by atoms with Crippen LogP contribution in [0.3, 0.4) is 0 Å². The molecule has 1 heterocycles. The number of phenols is 1. The van der Waals surface area contributed by atoms with E-state index in [9.17, 15) is 9.90 Å². The molecule has 1 fully saturated rings. The SMILES string of the molecule is O=C(Cc1cccc(O)c1)N(Cc1ccsc1)C1CC1. The highest BCUT2D eigenvalue weighted by Gasteiger charge is 2.32. The molecule has 1 N–H and O–H groups in total. The summed E-state index contributed by atoms with van der Waals surface area (Å²) in [6.07, 6.45) is 2.57. The van der Waals surface area contributed by atoms with Crippen molar-refractivity contribution in [3.8, 4) is 5.75 Å². The molecule has 1 amide bonds. The molecule has 3 nitrogen and oxygen atoms in total. The van der Waals surface area contributed by atoms with E-state index < -0.39 is 0 Å². The maximum absolute atomic E-state index is 12.5. The van der Waals surface area contributed by atoms with E-state index in [1.165, 1.54) is 5.56 Å². The fraction of sp³-hybridized carbons (Fsp3) is 0.312. The van der Waals surface area contributed by atoms with Gasteiger partial charge in [0.2, 0.25) is 5.91 Å². The van der Waals surface area contributed by atoms with Gasteiger partial charge in [-0.15, -0.1) is 0 Å². The zero-order chi connectivity index (χ0) is 13.9. The van der Waals surface area contributed by atoms with Gasteiger partial charge in [0.1, 0.15) is 5.75 Å². The second-order valence-corrected chi connectivity index (χ2v) is 6.01. The highest BCUT2D eigenvalue weighted by molar-refractivity contribution is 7.07. The lowest BCUT2D eigenvalue weighted by atomic mass is 10.1. The Balaban J connectivity index is 1.69. The molecule has 1 aliphatic carbocycles. The maximum Gasteiger partial charge on any atom is 0.227 e. The minimum absolute atomic E-state index is 0.143. The highest BCUT2D eigenvalue weighted by atomic mass is 32.1. The largest absolute Gasteiger partial charge is 0.508 e. The Morgan fingerprint density at radius 2 is 2.15 bits per heavy atom. The first-order valence-electron chi connectivity index (χ1n) is 6.81. The van der Waals surface area contributed by atoms with Crippen LogP contribution in [0, 0.1) is 0 Å². The van der Waals surface area contributed by atoms with Crippen LogP contribution in [0.4, 0.5) is 0 Å². The van der Waals surface area contributed by atoms with Gasteiger partial charge in [-0.3, -0.25) is 4.79 Å². The van der Waals surface area contributed by atoms with Crippen molar-refractivity contribution in [1.82, 2.24) is 4.90 Å². The Morgan fingerprint density at radius 3 is 2.80 bits per heavy atom. The molecule has 1 aromatic carbocycles. The van der Waals surface area contributed by atoms with Crippen LogP contribution in [0.2, 0.25) is 0 Å². The number of carbonyl (C=O) groups is 1. The molecule has 3 rings (SSSR count). The average molecular weight is 287 g/mol. The van der Waals surface area contributed by atoms with E-state index in [1.807, 2.05) is 16.3 Å². The first-order chi connectivity index (χ1) is 9.72. The number of phenolic OH excluding ortho intramolecular Hbond substituents is 1. The van der Waals surface area contributed by atoms with Gasteiger partial charge in [-0.1, -0.05) is 12.1 Å². The van der Waals surface area contributed by atoms with Crippen LogP contribution >= 0.6 is 11.3 Å². The molecule has 2 aromatic rings. The summed E-state index contributed by atoms with van der Waals surface area (Å²) in [5.41, 5.74) is 2.07. The molecule has 0 saturated heterocycles. The minimum Gasteiger partial charge on any atom is -0.508 e. The quantitative estimate of drug-likeness (QED) is 0.917. The fourth-order valence-corrected chi connectivity index (χ4v) is 2.99. The summed E-state index contributed by atoms with van der Waals surface area (Å²) in [5.74, 6) is 0.357. The Morgan fingerprint density at radius 1 is 1.30 bits per heavy atom. The number of benzene rings is 1. The second kappa shape index (κ2) is 5.67. The molecule has 0 aliphatic heterocycles. The Bertz CT molecular complexity index is 590. The van der Waals surface area contributed by atoms with Crippen molar-refractivity contribution in [3.05, 3.63) is 52.2 Å². The van der Waals surface area contributed by atoms with Gasteiger partial charge in [0.25, 0.3) is 0 Å². The standard InChI is InChI=1S/C16H17NO2S/c18-15-3-1-2-12(8-15)9-16(19)17(14-4-5-14)10-13-6-7-20-11-13/h1-3,6-8,11,14,18H,4-5,9-10H2. The lowest BCUT2D eigenvalue weighted by Crippen LogP contribution is -2.33. The maximum atomic E-state index is 12.5. The van der Waals surface area contributed by atoms with E-state index in [0.29, 0.717) is 19.0 Å². The molecule has 1 aromatic heterocycles. The van der Waals surface area contributed by atoms with Crippen LogP contribution in [-0.4, -0.2) is 22.0 Å². The van der Waals surface area contributed by atoms with E-state index in [-0.39, 0.29) is 11.7 Å². The number of aromatic hydroxyl groups is 1. The predicted octanol–water partition coefficient (Wildman–Crippen LogP) is 3.19. The Kier molecular flexibility index (Phi) is 3.74. The average Bonchev–Trinajstić information content (AvgIpc) is 3.12. The molecular formula is C16H17NO2S. The summed E-state index contributed by atoms with van der Waals surface area (Å²) in [6.45, 7) is 0.700. The van der Waals surface area contributed by atoms with Crippen molar-refractivity contribution < 1.29 is 9.90 Å². The van der Waals surface area contributed by atoms with Gasteiger partial charge in [0, 0.05) is 12.6 Å². The summed E-state index contributed by atoms with van der Waals surface area (Å²) in [4.78, 5) is 14.5. The number of carbonyl (C=O) groups excluding carboxylic acids is 1. The Labute approximate surface area is 122 Å². The van der Waals surface area contributed by atoms with Gasteiger partial charge >= 0.3 is 0 Å². The van der Waals surface area contributed by atoms with E-state index in [0.717, 1.165) is 18.4 Å². The lowest BCUT2D eigenvalue weighted by molar-refractivity contribution is -0.131. The van der Waals surface area contributed by atoms with Gasteiger partial charge in [0.05, 0.1) is 6.42 Å². The van der Waals surface area contributed by atoms with Gasteiger partial charge in [-0.05, 0) is 52.9 Å². The summed E-state index contributed by atoms with van der Waals surface area (Å²) >= 11 is 1.66. The zero-order valence-electron chi connectivity index (χ0n) is 11.2. The molecule has 4 heteroatoms.